The summed E-state index contributed by atoms with van der Waals surface area (Å²) in [7, 11) is 1.63. The molecule has 19 heavy (non-hydrogen) atoms. The number of likely N-dealkylation sites (tertiary alicyclic amines) is 1. The van der Waals surface area contributed by atoms with Gasteiger partial charge in [0.25, 0.3) is 5.91 Å². The van der Waals surface area contributed by atoms with Crippen LogP contribution in [0.1, 0.15) is 23.7 Å². The van der Waals surface area contributed by atoms with Crippen molar-refractivity contribution in [2.75, 3.05) is 20.2 Å². The zero-order valence-corrected chi connectivity index (χ0v) is 11.1. The number of benzene rings is 1. The van der Waals surface area contributed by atoms with Crippen molar-refractivity contribution in [1.29, 1.82) is 0 Å². The predicted molar refractivity (Wildman–Crippen MR) is 68.5 cm³/mol. The molecule has 2 rings (SSSR count). The van der Waals surface area contributed by atoms with E-state index in [1.807, 2.05) is 0 Å². The van der Waals surface area contributed by atoms with Gasteiger partial charge in [-0.2, -0.15) is 0 Å². The number of phenols is 1. The van der Waals surface area contributed by atoms with E-state index in [-0.39, 0.29) is 23.3 Å². The Kier molecular flexibility index (Phi) is 4.04. The third-order valence-corrected chi connectivity index (χ3v) is 3.67. The second-order valence-electron chi connectivity index (χ2n) is 4.95. The Morgan fingerprint density at radius 2 is 2.26 bits per heavy atom. The number of halogens is 1. The van der Waals surface area contributed by atoms with Gasteiger partial charge in [-0.15, -0.1) is 0 Å². The number of hydrogen-bond donors (Lipinski definition) is 1. The molecule has 104 valence electrons. The normalized spacial score (nSPS) is 23.4. The fourth-order valence-electron chi connectivity index (χ4n) is 2.38. The van der Waals surface area contributed by atoms with Crippen molar-refractivity contribution in [3.05, 3.63) is 29.6 Å². The minimum absolute atomic E-state index is 0.000270. The zero-order chi connectivity index (χ0) is 14.0. The molecular formula is C14H18FNO3. The minimum Gasteiger partial charge on any atom is -0.507 e. The van der Waals surface area contributed by atoms with Crippen LogP contribution in [0, 0.1) is 11.7 Å². The number of ether oxygens (including phenoxy) is 1. The third-order valence-electron chi connectivity index (χ3n) is 3.67. The van der Waals surface area contributed by atoms with E-state index in [1.54, 1.807) is 12.0 Å². The highest BCUT2D eigenvalue weighted by atomic mass is 19.1. The molecule has 4 nitrogen and oxygen atoms in total. The van der Waals surface area contributed by atoms with Crippen molar-refractivity contribution < 1.29 is 19.0 Å². The third kappa shape index (κ3) is 2.87. The largest absolute Gasteiger partial charge is 0.507 e. The Bertz CT molecular complexity index is 478. The van der Waals surface area contributed by atoms with Crippen molar-refractivity contribution in [3.8, 4) is 5.75 Å². The second-order valence-corrected chi connectivity index (χ2v) is 4.95. The molecule has 5 heteroatoms. The zero-order valence-electron chi connectivity index (χ0n) is 11.1. The van der Waals surface area contributed by atoms with Crippen molar-refractivity contribution in [2.24, 2.45) is 5.92 Å². The van der Waals surface area contributed by atoms with E-state index in [2.05, 4.69) is 6.92 Å². The molecule has 1 aromatic rings. The molecule has 0 radical (unpaired) electrons. The molecule has 2 unspecified atom stereocenters. The van der Waals surface area contributed by atoms with E-state index < -0.39 is 5.82 Å². The molecular weight excluding hydrogens is 249 g/mol. The molecule has 1 amide bonds. The summed E-state index contributed by atoms with van der Waals surface area (Å²) in [6.45, 7) is 3.20. The first-order valence-corrected chi connectivity index (χ1v) is 6.33. The average molecular weight is 267 g/mol. The first kappa shape index (κ1) is 13.8. The summed E-state index contributed by atoms with van der Waals surface area (Å²) in [5.41, 5.74) is 0.130. The molecule has 1 N–H and O–H groups in total. The lowest BCUT2D eigenvalue weighted by Crippen LogP contribution is -2.46. The van der Waals surface area contributed by atoms with Crippen LogP contribution in [-0.2, 0) is 4.74 Å². The smallest absolute Gasteiger partial charge is 0.257 e. The maximum absolute atomic E-state index is 12.9. The van der Waals surface area contributed by atoms with Crippen molar-refractivity contribution >= 4 is 5.91 Å². The summed E-state index contributed by atoms with van der Waals surface area (Å²) in [4.78, 5) is 13.9. The lowest BCUT2D eigenvalue weighted by atomic mass is 9.95. The average Bonchev–Trinajstić information content (AvgIpc) is 2.38. The highest BCUT2D eigenvalue weighted by Gasteiger charge is 2.30. The Labute approximate surface area is 111 Å². The van der Waals surface area contributed by atoms with Crippen LogP contribution in [0.25, 0.3) is 0 Å². The SMILES string of the molecule is COC1CN(C(=O)c2ccc(F)cc2O)CCC1C. The Balaban J connectivity index is 2.15. The predicted octanol–water partition coefficient (Wildman–Crippen LogP) is 2.03. The second kappa shape index (κ2) is 5.57. The lowest BCUT2D eigenvalue weighted by molar-refractivity contribution is -0.00166. The molecule has 1 aromatic carbocycles. The maximum Gasteiger partial charge on any atom is 0.257 e. The van der Waals surface area contributed by atoms with E-state index in [9.17, 15) is 14.3 Å². The molecule has 1 saturated heterocycles. The number of rotatable bonds is 2. The van der Waals surface area contributed by atoms with Gasteiger partial charge in [0.05, 0.1) is 11.7 Å². The van der Waals surface area contributed by atoms with Crippen molar-refractivity contribution in [2.45, 2.75) is 19.4 Å². The molecule has 0 bridgehead atoms. The van der Waals surface area contributed by atoms with E-state index in [1.165, 1.54) is 12.1 Å². The number of carbonyl (C=O) groups excluding carboxylic acids is 1. The maximum atomic E-state index is 12.9. The topological polar surface area (TPSA) is 49.8 Å². The van der Waals surface area contributed by atoms with Crippen LogP contribution in [0.5, 0.6) is 5.75 Å². The van der Waals surface area contributed by atoms with Gasteiger partial charge < -0.3 is 14.7 Å². The minimum atomic E-state index is -0.559. The molecule has 0 saturated carbocycles. The highest BCUT2D eigenvalue weighted by Crippen LogP contribution is 2.24. The number of piperidine rings is 1. The number of hydrogen-bond acceptors (Lipinski definition) is 3. The number of carbonyl (C=O) groups is 1. The fraction of sp³-hybridized carbons (Fsp3) is 0.500. The van der Waals surface area contributed by atoms with Gasteiger partial charge >= 0.3 is 0 Å². The van der Waals surface area contributed by atoms with Crippen molar-refractivity contribution in [3.63, 3.8) is 0 Å². The van der Waals surface area contributed by atoms with Gasteiger partial charge in [-0.05, 0) is 24.5 Å². The first-order valence-electron chi connectivity index (χ1n) is 6.33. The van der Waals surface area contributed by atoms with E-state index >= 15 is 0 Å². The first-order chi connectivity index (χ1) is 9.02. The molecule has 2 atom stereocenters. The van der Waals surface area contributed by atoms with Crippen LogP contribution in [0.15, 0.2) is 18.2 Å². The molecule has 1 heterocycles. The number of methoxy groups -OCH3 is 1. The number of nitrogens with zero attached hydrogens (tertiary/aromatic N) is 1. The van der Waals surface area contributed by atoms with Gasteiger partial charge in [-0.1, -0.05) is 6.92 Å². The van der Waals surface area contributed by atoms with Gasteiger partial charge in [-0.25, -0.2) is 4.39 Å². The molecule has 0 aliphatic carbocycles. The van der Waals surface area contributed by atoms with Gasteiger partial charge in [0.1, 0.15) is 11.6 Å². The summed E-state index contributed by atoms with van der Waals surface area (Å²) >= 11 is 0. The molecule has 0 aromatic heterocycles. The Morgan fingerprint density at radius 3 is 2.89 bits per heavy atom. The van der Waals surface area contributed by atoms with Gasteiger partial charge in [0.2, 0.25) is 0 Å². The summed E-state index contributed by atoms with van der Waals surface area (Å²) in [6.07, 6.45) is 0.854. The lowest BCUT2D eigenvalue weighted by Gasteiger charge is -2.36. The highest BCUT2D eigenvalue weighted by molar-refractivity contribution is 5.96. The van der Waals surface area contributed by atoms with Crippen LogP contribution < -0.4 is 0 Å². The molecule has 0 spiro atoms. The van der Waals surface area contributed by atoms with Crippen LogP contribution >= 0.6 is 0 Å². The number of phenolic OH excluding ortho intramolecular Hbond substituents is 1. The summed E-state index contributed by atoms with van der Waals surface area (Å²) in [5, 5.41) is 9.65. The quantitative estimate of drug-likeness (QED) is 0.892. The number of amides is 1. The monoisotopic (exact) mass is 267 g/mol. The molecule has 1 fully saturated rings. The van der Waals surface area contributed by atoms with Crippen molar-refractivity contribution in [1.82, 2.24) is 4.90 Å². The van der Waals surface area contributed by atoms with Gasteiger partial charge in [0, 0.05) is 26.3 Å². The summed E-state index contributed by atoms with van der Waals surface area (Å²) in [6, 6.07) is 3.44. The van der Waals surface area contributed by atoms with Crippen LogP contribution in [-0.4, -0.2) is 42.2 Å². The summed E-state index contributed by atoms with van der Waals surface area (Å²) in [5.74, 6) is -0.768. The van der Waals surface area contributed by atoms with E-state index in [0.29, 0.717) is 19.0 Å². The van der Waals surface area contributed by atoms with E-state index in [4.69, 9.17) is 4.74 Å². The summed E-state index contributed by atoms with van der Waals surface area (Å²) < 4.78 is 18.3. The fourth-order valence-corrected chi connectivity index (χ4v) is 2.38. The van der Waals surface area contributed by atoms with Crippen LogP contribution in [0.4, 0.5) is 4.39 Å². The van der Waals surface area contributed by atoms with E-state index in [0.717, 1.165) is 12.5 Å². The Morgan fingerprint density at radius 1 is 1.53 bits per heavy atom. The van der Waals surface area contributed by atoms with Gasteiger partial charge in [0.15, 0.2) is 0 Å². The standard InChI is InChI=1S/C14H18FNO3/c1-9-5-6-16(8-13(9)19-2)14(18)11-4-3-10(15)7-12(11)17/h3-4,7,9,13,17H,5-6,8H2,1-2H3. The van der Waals surface area contributed by atoms with Crippen LogP contribution in [0.3, 0.4) is 0 Å². The molecule has 1 aliphatic heterocycles. The van der Waals surface area contributed by atoms with Crippen LogP contribution in [0.2, 0.25) is 0 Å². The molecule has 1 aliphatic rings. The van der Waals surface area contributed by atoms with Gasteiger partial charge in [-0.3, -0.25) is 4.79 Å². The Hall–Kier alpha value is -1.62. The number of aromatic hydroxyl groups is 1.